The van der Waals surface area contributed by atoms with Crippen LogP contribution in [-0.4, -0.2) is 18.0 Å². The Morgan fingerprint density at radius 3 is 2.38 bits per heavy atom. The fourth-order valence-corrected chi connectivity index (χ4v) is 3.08. The van der Waals surface area contributed by atoms with E-state index in [1.54, 1.807) is 0 Å². The molecule has 0 aromatic carbocycles. The van der Waals surface area contributed by atoms with Crippen LogP contribution in [0.1, 0.15) is 92.4 Å². The lowest BCUT2D eigenvalue weighted by Gasteiger charge is -2.16. The van der Waals surface area contributed by atoms with E-state index in [2.05, 4.69) is 45.1 Å². The van der Waals surface area contributed by atoms with Crippen LogP contribution in [0.5, 0.6) is 0 Å². The summed E-state index contributed by atoms with van der Waals surface area (Å²) in [6.45, 7) is 10.8. The Hall–Kier alpha value is -0.600. The first kappa shape index (κ1) is 21.4. The van der Waals surface area contributed by atoms with Crippen molar-refractivity contribution in [2.24, 2.45) is 5.92 Å². The quantitative estimate of drug-likeness (QED) is 0.288. The molecular formula is C22H40O2. The van der Waals surface area contributed by atoms with Gasteiger partial charge in [0.05, 0.1) is 6.10 Å². The van der Waals surface area contributed by atoms with Crippen LogP contribution in [0.3, 0.4) is 0 Å². The molecule has 0 aliphatic carbocycles. The van der Waals surface area contributed by atoms with E-state index in [9.17, 15) is 0 Å². The highest BCUT2D eigenvalue weighted by atomic mass is 16.7. The van der Waals surface area contributed by atoms with Crippen molar-refractivity contribution in [1.29, 1.82) is 0 Å². The highest BCUT2D eigenvalue weighted by molar-refractivity contribution is 5.01. The van der Waals surface area contributed by atoms with Crippen LogP contribution >= 0.6 is 0 Å². The number of rotatable bonds is 12. The monoisotopic (exact) mass is 336 g/mol. The molecule has 0 spiro atoms. The minimum Gasteiger partial charge on any atom is -0.344 e. The lowest BCUT2D eigenvalue weighted by atomic mass is 10.1. The summed E-state index contributed by atoms with van der Waals surface area (Å²) in [5, 5.41) is 0. The second-order valence-electron chi connectivity index (χ2n) is 7.95. The van der Waals surface area contributed by atoms with E-state index in [0.717, 1.165) is 18.8 Å². The van der Waals surface area contributed by atoms with Crippen LogP contribution in [0.15, 0.2) is 24.3 Å². The van der Waals surface area contributed by atoms with Crippen molar-refractivity contribution in [2.75, 3.05) is 0 Å². The Kier molecular flexibility index (Phi) is 10.6. The van der Waals surface area contributed by atoms with Gasteiger partial charge in [-0.15, -0.1) is 0 Å². The maximum atomic E-state index is 6.07. The predicted octanol–water partition coefficient (Wildman–Crippen LogP) is 6.81. The SMILES string of the molecule is CCCCCCC/C=C/C[C@@H]1OC(C)(C)O[C@@H]1/C=C/CCC(C)C. The third-order valence-corrected chi connectivity index (χ3v) is 4.47. The summed E-state index contributed by atoms with van der Waals surface area (Å²) in [4.78, 5) is 0. The first-order chi connectivity index (χ1) is 11.4. The van der Waals surface area contributed by atoms with E-state index in [1.807, 2.05) is 13.8 Å². The van der Waals surface area contributed by atoms with E-state index in [0.29, 0.717) is 0 Å². The molecule has 0 radical (unpaired) electrons. The molecular weight excluding hydrogens is 296 g/mol. The molecule has 1 heterocycles. The Bertz CT molecular complexity index is 368. The lowest BCUT2D eigenvalue weighted by molar-refractivity contribution is -0.142. The molecule has 2 atom stereocenters. The Balaban J connectivity index is 2.31. The molecule has 2 heteroatoms. The van der Waals surface area contributed by atoms with Gasteiger partial charge >= 0.3 is 0 Å². The van der Waals surface area contributed by atoms with Crippen molar-refractivity contribution >= 4 is 0 Å². The van der Waals surface area contributed by atoms with Crippen LogP contribution in [0.25, 0.3) is 0 Å². The molecule has 0 saturated carbocycles. The lowest BCUT2D eigenvalue weighted by Crippen LogP contribution is -2.21. The largest absolute Gasteiger partial charge is 0.344 e. The molecule has 1 aliphatic rings. The second kappa shape index (κ2) is 11.9. The van der Waals surface area contributed by atoms with Gasteiger partial charge in [-0.25, -0.2) is 0 Å². The second-order valence-corrected chi connectivity index (χ2v) is 7.95. The van der Waals surface area contributed by atoms with Crippen LogP contribution < -0.4 is 0 Å². The smallest absolute Gasteiger partial charge is 0.164 e. The van der Waals surface area contributed by atoms with Crippen molar-refractivity contribution in [3.63, 3.8) is 0 Å². The van der Waals surface area contributed by atoms with Crippen LogP contribution in [-0.2, 0) is 9.47 Å². The maximum absolute atomic E-state index is 6.07. The van der Waals surface area contributed by atoms with Gasteiger partial charge in [-0.3, -0.25) is 0 Å². The fraction of sp³-hybridized carbons (Fsp3) is 0.818. The Morgan fingerprint density at radius 1 is 0.917 bits per heavy atom. The number of unbranched alkanes of at least 4 members (excludes halogenated alkanes) is 5. The number of hydrogen-bond donors (Lipinski definition) is 0. The van der Waals surface area contributed by atoms with Gasteiger partial charge in [0.25, 0.3) is 0 Å². The zero-order valence-corrected chi connectivity index (χ0v) is 16.7. The molecule has 1 rings (SSSR count). The van der Waals surface area contributed by atoms with Crippen molar-refractivity contribution in [2.45, 2.75) is 110 Å². The zero-order chi connectivity index (χ0) is 17.8. The summed E-state index contributed by atoms with van der Waals surface area (Å²) in [5.41, 5.74) is 0. The van der Waals surface area contributed by atoms with E-state index in [4.69, 9.17) is 9.47 Å². The molecule has 1 aliphatic heterocycles. The van der Waals surface area contributed by atoms with Crippen molar-refractivity contribution in [1.82, 2.24) is 0 Å². The summed E-state index contributed by atoms with van der Waals surface area (Å²) >= 11 is 0. The molecule has 0 aromatic rings. The zero-order valence-electron chi connectivity index (χ0n) is 16.7. The fourth-order valence-electron chi connectivity index (χ4n) is 3.08. The Labute approximate surface area is 150 Å². The van der Waals surface area contributed by atoms with E-state index < -0.39 is 5.79 Å². The van der Waals surface area contributed by atoms with Gasteiger partial charge in [0, 0.05) is 0 Å². The molecule has 0 amide bonds. The minimum absolute atomic E-state index is 0.0846. The third-order valence-electron chi connectivity index (χ3n) is 4.47. The van der Waals surface area contributed by atoms with Gasteiger partial charge in [0.1, 0.15) is 6.10 Å². The van der Waals surface area contributed by atoms with Crippen LogP contribution in [0.4, 0.5) is 0 Å². The minimum atomic E-state index is -0.467. The van der Waals surface area contributed by atoms with Gasteiger partial charge in [-0.1, -0.05) is 70.8 Å². The molecule has 0 aromatic heterocycles. The molecule has 0 N–H and O–H groups in total. The number of allylic oxidation sites excluding steroid dienone is 2. The highest BCUT2D eigenvalue weighted by Gasteiger charge is 2.38. The molecule has 1 saturated heterocycles. The van der Waals surface area contributed by atoms with E-state index >= 15 is 0 Å². The summed E-state index contributed by atoms with van der Waals surface area (Å²) in [6.07, 6.45) is 20.5. The van der Waals surface area contributed by atoms with Gasteiger partial charge < -0.3 is 9.47 Å². The first-order valence-electron chi connectivity index (χ1n) is 10.1. The van der Waals surface area contributed by atoms with Crippen molar-refractivity contribution < 1.29 is 9.47 Å². The van der Waals surface area contributed by atoms with Gasteiger partial charge in [-0.05, 0) is 51.9 Å². The van der Waals surface area contributed by atoms with Crippen molar-refractivity contribution in [3.05, 3.63) is 24.3 Å². The third kappa shape index (κ3) is 9.64. The van der Waals surface area contributed by atoms with E-state index in [1.165, 1.54) is 44.9 Å². The molecule has 24 heavy (non-hydrogen) atoms. The molecule has 2 nitrogen and oxygen atoms in total. The average molecular weight is 337 g/mol. The van der Waals surface area contributed by atoms with Crippen LogP contribution in [0.2, 0.25) is 0 Å². The highest BCUT2D eigenvalue weighted by Crippen LogP contribution is 2.31. The number of hydrogen-bond acceptors (Lipinski definition) is 2. The molecule has 1 fully saturated rings. The summed E-state index contributed by atoms with van der Waals surface area (Å²) < 4.78 is 12.1. The van der Waals surface area contributed by atoms with Crippen molar-refractivity contribution in [3.8, 4) is 0 Å². The summed E-state index contributed by atoms with van der Waals surface area (Å²) in [6, 6.07) is 0. The van der Waals surface area contributed by atoms with Gasteiger partial charge in [-0.2, -0.15) is 0 Å². The topological polar surface area (TPSA) is 18.5 Å². The Morgan fingerprint density at radius 2 is 1.67 bits per heavy atom. The summed E-state index contributed by atoms with van der Waals surface area (Å²) in [5.74, 6) is 0.286. The van der Waals surface area contributed by atoms with Gasteiger partial charge in [0.15, 0.2) is 5.79 Å². The molecule has 140 valence electrons. The van der Waals surface area contributed by atoms with Gasteiger partial charge in [0.2, 0.25) is 0 Å². The van der Waals surface area contributed by atoms with E-state index in [-0.39, 0.29) is 12.2 Å². The maximum Gasteiger partial charge on any atom is 0.164 e. The molecule has 0 unspecified atom stereocenters. The first-order valence-corrected chi connectivity index (χ1v) is 10.1. The van der Waals surface area contributed by atoms with Crippen LogP contribution in [0, 0.1) is 5.92 Å². The normalized spacial score (nSPS) is 23.9. The predicted molar refractivity (Wildman–Crippen MR) is 104 cm³/mol. The summed E-state index contributed by atoms with van der Waals surface area (Å²) in [7, 11) is 0. The average Bonchev–Trinajstić information content (AvgIpc) is 2.80. The number of ether oxygens (including phenoxy) is 2. The standard InChI is InChI=1S/C22H40O2/c1-6-7-8-9-10-11-12-13-17-20-21(24-22(4,5)23-20)18-15-14-16-19(2)3/h12-13,15,18-21H,6-11,14,16-17H2,1-5H3/b13-12+,18-15+/t20-,21+/m0/s1. The molecule has 0 bridgehead atoms.